The van der Waals surface area contributed by atoms with Gasteiger partial charge in [-0.1, -0.05) is 0 Å². The minimum atomic E-state index is -0.411. The SMILES string of the molecule is COc1ccc2nnc(C3CCN(Cc4cc(F)ccc4F)CC3)n2n1. The number of aromatic nitrogens is 4. The van der Waals surface area contributed by atoms with Crippen molar-refractivity contribution in [1.82, 2.24) is 24.7 Å². The van der Waals surface area contributed by atoms with Crippen molar-refractivity contribution in [2.45, 2.75) is 25.3 Å². The topological polar surface area (TPSA) is 55.6 Å². The van der Waals surface area contributed by atoms with Gasteiger partial charge in [0.2, 0.25) is 5.88 Å². The molecule has 3 aromatic rings. The molecule has 8 heteroatoms. The van der Waals surface area contributed by atoms with Crippen molar-refractivity contribution in [2.24, 2.45) is 0 Å². The third-order valence-corrected chi connectivity index (χ3v) is 4.83. The number of rotatable bonds is 4. The van der Waals surface area contributed by atoms with Crippen LogP contribution in [0.5, 0.6) is 5.88 Å². The Morgan fingerprint density at radius 1 is 1.12 bits per heavy atom. The van der Waals surface area contributed by atoms with Gasteiger partial charge in [-0.2, -0.15) is 4.52 Å². The minimum Gasteiger partial charge on any atom is -0.480 e. The molecule has 1 fully saturated rings. The molecule has 0 aliphatic carbocycles. The maximum atomic E-state index is 13.8. The van der Waals surface area contributed by atoms with Crippen LogP contribution in [0.4, 0.5) is 8.78 Å². The Kier molecular flexibility index (Phi) is 4.50. The number of hydrogen-bond acceptors (Lipinski definition) is 5. The number of piperidine rings is 1. The quantitative estimate of drug-likeness (QED) is 0.717. The summed E-state index contributed by atoms with van der Waals surface area (Å²) < 4.78 is 34.1. The van der Waals surface area contributed by atoms with Gasteiger partial charge in [-0.15, -0.1) is 15.3 Å². The molecule has 3 heterocycles. The van der Waals surface area contributed by atoms with Crippen molar-refractivity contribution >= 4 is 5.65 Å². The first-order chi connectivity index (χ1) is 12.6. The molecule has 0 saturated carbocycles. The highest BCUT2D eigenvalue weighted by Crippen LogP contribution is 2.28. The van der Waals surface area contributed by atoms with E-state index in [-0.39, 0.29) is 11.7 Å². The Morgan fingerprint density at radius 2 is 1.92 bits per heavy atom. The fraction of sp³-hybridized carbons (Fsp3) is 0.389. The molecular formula is C18H19F2N5O. The van der Waals surface area contributed by atoms with Crippen LogP contribution in [0.2, 0.25) is 0 Å². The summed E-state index contributed by atoms with van der Waals surface area (Å²) in [6, 6.07) is 7.17. The van der Waals surface area contributed by atoms with Crippen LogP contribution in [0.15, 0.2) is 30.3 Å². The molecule has 1 aromatic carbocycles. The van der Waals surface area contributed by atoms with E-state index in [0.29, 0.717) is 23.6 Å². The summed E-state index contributed by atoms with van der Waals surface area (Å²) in [5.74, 6) is 0.769. The standard InChI is InChI=1S/C18H19F2N5O/c1-26-17-5-4-16-21-22-18(25(16)23-17)12-6-8-24(9-7-12)11-13-10-14(19)2-3-15(13)20/h2-5,10,12H,6-9,11H2,1H3. The molecule has 0 radical (unpaired) electrons. The van der Waals surface area contributed by atoms with Gasteiger partial charge in [0.05, 0.1) is 7.11 Å². The van der Waals surface area contributed by atoms with Crippen LogP contribution in [0.3, 0.4) is 0 Å². The van der Waals surface area contributed by atoms with Crippen LogP contribution in [0.1, 0.15) is 30.1 Å². The third kappa shape index (κ3) is 3.24. The molecule has 0 N–H and O–H groups in total. The second kappa shape index (κ2) is 6.95. The van der Waals surface area contributed by atoms with Crippen LogP contribution in [-0.4, -0.2) is 44.9 Å². The highest BCUT2D eigenvalue weighted by molar-refractivity contribution is 5.38. The van der Waals surface area contributed by atoms with Gasteiger partial charge in [0.25, 0.3) is 0 Å². The number of fused-ring (bicyclic) bond motifs is 1. The summed E-state index contributed by atoms with van der Waals surface area (Å²) in [4.78, 5) is 2.13. The van der Waals surface area contributed by atoms with E-state index in [9.17, 15) is 8.78 Å². The molecule has 1 aliphatic heterocycles. The first-order valence-corrected chi connectivity index (χ1v) is 8.56. The molecule has 6 nitrogen and oxygen atoms in total. The predicted octanol–water partition coefficient (Wildman–Crippen LogP) is 2.79. The fourth-order valence-corrected chi connectivity index (χ4v) is 3.41. The van der Waals surface area contributed by atoms with Crippen LogP contribution in [-0.2, 0) is 6.54 Å². The van der Waals surface area contributed by atoms with E-state index >= 15 is 0 Å². The lowest BCUT2D eigenvalue weighted by molar-refractivity contribution is 0.198. The summed E-state index contributed by atoms with van der Waals surface area (Å²) in [5.41, 5.74) is 1.08. The monoisotopic (exact) mass is 359 g/mol. The average molecular weight is 359 g/mol. The molecule has 26 heavy (non-hydrogen) atoms. The van der Waals surface area contributed by atoms with Gasteiger partial charge < -0.3 is 4.74 Å². The maximum absolute atomic E-state index is 13.8. The highest BCUT2D eigenvalue weighted by atomic mass is 19.1. The summed E-state index contributed by atoms with van der Waals surface area (Å²) >= 11 is 0. The second-order valence-electron chi connectivity index (χ2n) is 6.49. The Balaban J connectivity index is 1.46. The van der Waals surface area contributed by atoms with E-state index in [0.717, 1.165) is 37.8 Å². The molecule has 0 amide bonds. The minimum absolute atomic E-state index is 0.221. The van der Waals surface area contributed by atoms with E-state index in [4.69, 9.17) is 4.74 Å². The van der Waals surface area contributed by atoms with Gasteiger partial charge in [0.15, 0.2) is 11.5 Å². The van der Waals surface area contributed by atoms with Crippen molar-refractivity contribution in [3.63, 3.8) is 0 Å². The first-order valence-electron chi connectivity index (χ1n) is 8.56. The van der Waals surface area contributed by atoms with Gasteiger partial charge in [-0.05, 0) is 50.2 Å². The second-order valence-corrected chi connectivity index (χ2v) is 6.49. The number of hydrogen-bond donors (Lipinski definition) is 0. The zero-order valence-electron chi connectivity index (χ0n) is 14.4. The average Bonchev–Trinajstić information content (AvgIpc) is 3.08. The molecular weight excluding hydrogens is 340 g/mol. The molecule has 0 spiro atoms. The van der Waals surface area contributed by atoms with Crippen molar-refractivity contribution < 1.29 is 13.5 Å². The molecule has 2 aromatic heterocycles. The lowest BCUT2D eigenvalue weighted by atomic mass is 9.95. The number of methoxy groups -OCH3 is 1. The molecule has 1 saturated heterocycles. The molecule has 136 valence electrons. The van der Waals surface area contributed by atoms with Crippen LogP contribution >= 0.6 is 0 Å². The Morgan fingerprint density at radius 3 is 2.69 bits per heavy atom. The van der Waals surface area contributed by atoms with Crippen LogP contribution in [0, 0.1) is 11.6 Å². The van der Waals surface area contributed by atoms with Crippen LogP contribution in [0.25, 0.3) is 5.65 Å². The van der Waals surface area contributed by atoms with E-state index in [1.807, 2.05) is 6.07 Å². The molecule has 1 aliphatic rings. The number of nitrogens with zero attached hydrogens (tertiary/aromatic N) is 5. The zero-order valence-corrected chi connectivity index (χ0v) is 14.4. The first kappa shape index (κ1) is 16.8. The van der Waals surface area contributed by atoms with Crippen molar-refractivity contribution in [2.75, 3.05) is 20.2 Å². The molecule has 4 rings (SSSR count). The maximum Gasteiger partial charge on any atom is 0.231 e. The summed E-state index contributed by atoms with van der Waals surface area (Å²) in [5, 5.41) is 12.9. The van der Waals surface area contributed by atoms with Gasteiger partial charge in [-0.3, -0.25) is 4.90 Å². The highest BCUT2D eigenvalue weighted by Gasteiger charge is 2.25. The van der Waals surface area contributed by atoms with Gasteiger partial charge in [0.1, 0.15) is 11.6 Å². The van der Waals surface area contributed by atoms with Gasteiger partial charge in [-0.25, -0.2) is 8.78 Å². The molecule has 0 atom stereocenters. The van der Waals surface area contributed by atoms with Crippen LogP contribution < -0.4 is 4.74 Å². The van der Waals surface area contributed by atoms with Gasteiger partial charge in [0, 0.05) is 24.1 Å². The van der Waals surface area contributed by atoms with Crippen molar-refractivity contribution in [3.05, 3.63) is 53.4 Å². The lowest BCUT2D eigenvalue weighted by Gasteiger charge is -2.31. The van der Waals surface area contributed by atoms with E-state index in [1.165, 1.54) is 12.1 Å². The number of halogens is 2. The summed E-state index contributed by atoms with van der Waals surface area (Å²) in [6.07, 6.45) is 1.72. The van der Waals surface area contributed by atoms with Crippen molar-refractivity contribution in [3.8, 4) is 5.88 Å². The summed E-state index contributed by atoms with van der Waals surface area (Å²) in [6.45, 7) is 1.96. The Labute approximate surface area is 149 Å². The lowest BCUT2D eigenvalue weighted by Crippen LogP contribution is -2.33. The number of likely N-dealkylation sites (tertiary alicyclic amines) is 1. The van der Waals surface area contributed by atoms with Gasteiger partial charge >= 0.3 is 0 Å². The Hall–Kier alpha value is -2.61. The summed E-state index contributed by atoms with van der Waals surface area (Å²) in [7, 11) is 1.57. The fourth-order valence-electron chi connectivity index (χ4n) is 3.41. The third-order valence-electron chi connectivity index (χ3n) is 4.83. The number of benzene rings is 1. The largest absolute Gasteiger partial charge is 0.480 e. The zero-order chi connectivity index (χ0) is 18.1. The molecule has 0 bridgehead atoms. The smallest absolute Gasteiger partial charge is 0.231 e. The van der Waals surface area contributed by atoms with Crippen molar-refractivity contribution in [1.29, 1.82) is 0 Å². The Bertz CT molecular complexity index is 921. The van der Waals surface area contributed by atoms with E-state index in [1.54, 1.807) is 17.7 Å². The van der Waals surface area contributed by atoms with E-state index in [2.05, 4.69) is 20.2 Å². The number of ether oxygens (including phenoxy) is 1. The predicted molar refractivity (Wildman–Crippen MR) is 90.9 cm³/mol. The molecule has 0 unspecified atom stereocenters. The normalized spacial score (nSPS) is 16.3. The van der Waals surface area contributed by atoms with E-state index < -0.39 is 5.82 Å².